The second-order valence-electron chi connectivity index (χ2n) is 5.41. The molecule has 1 aromatic heterocycles. The predicted molar refractivity (Wildman–Crippen MR) is 81.3 cm³/mol. The average Bonchev–Trinajstić information content (AvgIpc) is 2.49. The minimum absolute atomic E-state index is 0.355. The molecule has 4 heteroatoms. The number of hydrogen-bond donors (Lipinski definition) is 1. The van der Waals surface area contributed by atoms with Crippen molar-refractivity contribution >= 4 is 5.69 Å². The quantitative estimate of drug-likeness (QED) is 0.854. The molecule has 0 radical (unpaired) electrons. The second kappa shape index (κ2) is 5.45. The normalized spacial score (nSPS) is 13.3. The van der Waals surface area contributed by atoms with Gasteiger partial charge in [0.05, 0.1) is 5.69 Å². The molecule has 1 aromatic carbocycles. The molecule has 1 aliphatic rings. The van der Waals surface area contributed by atoms with Crippen molar-refractivity contribution in [2.45, 2.75) is 32.6 Å². The van der Waals surface area contributed by atoms with Gasteiger partial charge in [0.15, 0.2) is 5.75 Å². The van der Waals surface area contributed by atoms with Crippen LogP contribution < -0.4 is 10.5 Å². The van der Waals surface area contributed by atoms with Crippen LogP contribution in [0.4, 0.5) is 5.69 Å². The first kappa shape index (κ1) is 13.4. The largest absolute Gasteiger partial charge is 0.436 e. The summed E-state index contributed by atoms with van der Waals surface area (Å²) in [5, 5.41) is 9.31. The van der Waals surface area contributed by atoms with Gasteiger partial charge in [0.25, 0.3) is 0 Å². The number of pyridine rings is 1. The first-order valence-corrected chi connectivity index (χ1v) is 7.14. The number of ether oxygens (including phenoxy) is 1. The van der Waals surface area contributed by atoms with E-state index in [1.165, 1.54) is 5.56 Å². The summed E-state index contributed by atoms with van der Waals surface area (Å²) in [6, 6.07) is 9.66. The molecule has 106 valence electrons. The Morgan fingerprint density at radius 1 is 1.24 bits per heavy atom. The number of hydrogen-bond acceptors (Lipinski definition) is 4. The monoisotopic (exact) mass is 279 g/mol. The number of fused-ring (bicyclic) bond motifs is 1. The summed E-state index contributed by atoms with van der Waals surface area (Å²) in [5.74, 6) is 0.897. The first-order valence-electron chi connectivity index (χ1n) is 7.14. The Morgan fingerprint density at radius 2 is 2.05 bits per heavy atom. The zero-order chi connectivity index (χ0) is 14.8. The Bertz CT molecular complexity index is 732. The minimum atomic E-state index is 0.355. The Kier molecular flexibility index (Phi) is 3.49. The van der Waals surface area contributed by atoms with E-state index in [2.05, 4.69) is 11.1 Å². The SMILES string of the molecule is Cc1ccc(Oc2nc3c(cc2C#N)CCCC3)c(N)c1. The molecule has 1 heterocycles. The Balaban J connectivity index is 1.99. The molecule has 1 aliphatic carbocycles. The summed E-state index contributed by atoms with van der Waals surface area (Å²) >= 11 is 0. The number of anilines is 1. The molecule has 4 nitrogen and oxygen atoms in total. The molecule has 0 amide bonds. The van der Waals surface area contributed by atoms with Crippen molar-refractivity contribution in [3.8, 4) is 17.7 Å². The van der Waals surface area contributed by atoms with E-state index in [9.17, 15) is 5.26 Å². The maximum Gasteiger partial charge on any atom is 0.237 e. The van der Waals surface area contributed by atoms with E-state index in [4.69, 9.17) is 10.5 Å². The maximum atomic E-state index is 9.31. The number of aromatic nitrogens is 1. The number of nitrogens with zero attached hydrogens (tertiary/aromatic N) is 2. The van der Waals surface area contributed by atoms with Gasteiger partial charge in [0.2, 0.25) is 5.88 Å². The highest BCUT2D eigenvalue weighted by Gasteiger charge is 2.17. The van der Waals surface area contributed by atoms with E-state index in [-0.39, 0.29) is 0 Å². The van der Waals surface area contributed by atoms with Crippen LogP contribution in [0.2, 0.25) is 0 Å². The molecule has 0 atom stereocenters. The molecule has 2 N–H and O–H groups in total. The number of nitriles is 1. The van der Waals surface area contributed by atoms with E-state index in [1.54, 1.807) is 0 Å². The summed E-state index contributed by atoms with van der Waals surface area (Å²) in [4.78, 5) is 4.54. The molecule has 0 bridgehead atoms. The van der Waals surface area contributed by atoms with E-state index in [0.717, 1.165) is 36.9 Å². The van der Waals surface area contributed by atoms with Crippen LogP contribution in [0.1, 0.15) is 35.2 Å². The highest BCUT2D eigenvalue weighted by molar-refractivity contribution is 5.56. The molecule has 2 aromatic rings. The Hall–Kier alpha value is -2.54. The molecule has 0 spiro atoms. The molecule has 0 unspecified atom stereocenters. The number of benzene rings is 1. The van der Waals surface area contributed by atoms with Crippen LogP contribution in [-0.2, 0) is 12.8 Å². The zero-order valence-corrected chi connectivity index (χ0v) is 12.0. The Morgan fingerprint density at radius 3 is 2.81 bits per heavy atom. The van der Waals surface area contributed by atoms with Crippen molar-refractivity contribution in [2.24, 2.45) is 0 Å². The maximum absolute atomic E-state index is 9.31. The third-order valence-corrected chi connectivity index (χ3v) is 3.76. The van der Waals surface area contributed by atoms with Crippen LogP contribution in [-0.4, -0.2) is 4.98 Å². The molecule has 21 heavy (non-hydrogen) atoms. The van der Waals surface area contributed by atoms with Gasteiger partial charge in [0, 0.05) is 5.69 Å². The van der Waals surface area contributed by atoms with Crippen molar-refractivity contribution in [3.63, 3.8) is 0 Å². The van der Waals surface area contributed by atoms with Gasteiger partial charge in [-0.2, -0.15) is 5.26 Å². The third kappa shape index (κ3) is 2.68. The van der Waals surface area contributed by atoms with Crippen LogP contribution >= 0.6 is 0 Å². The summed E-state index contributed by atoms with van der Waals surface area (Å²) in [5.41, 5.74) is 10.3. The second-order valence-corrected chi connectivity index (χ2v) is 5.41. The molecule has 0 fully saturated rings. The van der Waals surface area contributed by atoms with Gasteiger partial charge >= 0.3 is 0 Å². The van der Waals surface area contributed by atoms with Crippen LogP contribution in [0.15, 0.2) is 24.3 Å². The van der Waals surface area contributed by atoms with Gasteiger partial charge in [-0.05, 0) is 61.9 Å². The van der Waals surface area contributed by atoms with Crippen molar-refractivity contribution in [2.75, 3.05) is 5.73 Å². The zero-order valence-electron chi connectivity index (χ0n) is 12.0. The molecular formula is C17H17N3O. The van der Waals surface area contributed by atoms with Crippen molar-refractivity contribution < 1.29 is 4.74 Å². The van der Waals surface area contributed by atoms with Crippen LogP contribution in [0.3, 0.4) is 0 Å². The fourth-order valence-corrected chi connectivity index (χ4v) is 2.64. The highest BCUT2D eigenvalue weighted by atomic mass is 16.5. The van der Waals surface area contributed by atoms with Crippen molar-refractivity contribution in [3.05, 3.63) is 46.6 Å². The average molecular weight is 279 g/mol. The van der Waals surface area contributed by atoms with E-state index >= 15 is 0 Å². The molecule has 0 aliphatic heterocycles. The minimum Gasteiger partial charge on any atom is -0.436 e. The van der Waals surface area contributed by atoms with Gasteiger partial charge in [-0.3, -0.25) is 0 Å². The fraction of sp³-hybridized carbons (Fsp3) is 0.294. The van der Waals surface area contributed by atoms with E-state index in [0.29, 0.717) is 22.9 Å². The van der Waals surface area contributed by atoms with Crippen molar-refractivity contribution in [1.29, 1.82) is 5.26 Å². The highest BCUT2D eigenvalue weighted by Crippen LogP contribution is 2.31. The molecular weight excluding hydrogens is 262 g/mol. The van der Waals surface area contributed by atoms with Crippen LogP contribution in [0, 0.1) is 18.3 Å². The first-order chi connectivity index (χ1) is 10.2. The number of aryl methyl sites for hydroxylation is 3. The van der Waals surface area contributed by atoms with Crippen LogP contribution in [0.5, 0.6) is 11.6 Å². The standard InChI is InChI=1S/C17H17N3O/c1-11-6-7-16(14(19)8-11)21-17-13(10-18)9-12-4-2-3-5-15(12)20-17/h6-9H,2-5,19H2,1H3. The number of nitrogen functional groups attached to an aromatic ring is 1. The topological polar surface area (TPSA) is 71.9 Å². The van der Waals surface area contributed by atoms with Gasteiger partial charge in [-0.25, -0.2) is 4.98 Å². The lowest BCUT2D eigenvalue weighted by atomic mass is 9.95. The van der Waals surface area contributed by atoms with Crippen molar-refractivity contribution in [1.82, 2.24) is 4.98 Å². The predicted octanol–water partition coefficient (Wildman–Crippen LogP) is 3.52. The fourth-order valence-electron chi connectivity index (χ4n) is 2.64. The molecule has 0 saturated heterocycles. The van der Waals surface area contributed by atoms with Gasteiger partial charge < -0.3 is 10.5 Å². The summed E-state index contributed by atoms with van der Waals surface area (Å²) in [6.07, 6.45) is 4.23. The van der Waals surface area contributed by atoms with E-state index in [1.807, 2.05) is 31.2 Å². The Labute approximate surface area is 124 Å². The lowest BCUT2D eigenvalue weighted by Crippen LogP contribution is -2.07. The molecule has 0 saturated carbocycles. The van der Waals surface area contributed by atoms with Gasteiger partial charge in [0.1, 0.15) is 11.6 Å². The summed E-state index contributed by atoms with van der Waals surface area (Å²) < 4.78 is 5.79. The van der Waals surface area contributed by atoms with Gasteiger partial charge in [-0.15, -0.1) is 0 Å². The summed E-state index contributed by atoms with van der Waals surface area (Å²) in [6.45, 7) is 1.97. The lowest BCUT2D eigenvalue weighted by Gasteiger charge is -2.17. The molecule has 3 rings (SSSR count). The smallest absolute Gasteiger partial charge is 0.237 e. The lowest BCUT2D eigenvalue weighted by molar-refractivity contribution is 0.458. The van der Waals surface area contributed by atoms with E-state index < -0.39 is 0 Å². The van der Waals surface area contributed by atoms with Gasteiger partial charge in [-0.1, -0.05) is 6.07 Å². The van der Waals surface area contributed by atoms with Crippen LogP contribution in [0.25, 0.3) is 0 Å². The number of nitrogens with two attached hydrogens (primary N) is 1. The summed E-state index contributed by atoms with van der Waals surface area (Å²) in [7, 11) is 0. The number of rotatable bonds is 2. The third-order valence-electron chi connectivity index (χ3n) is 3.76.